The lowest BCUT2D eigenvalue weighted by molar-refractivity contribution is 0.0885. The van der Waals surface area contributed by atoms with E-state index < -0.39 is 0 Å². The third-order valence-corrected chi connectivity index (χ3v) is 4.45. The molecule has 1 heterocycles. The fourth-order valence-electron chi connectivity index (χ4n) is 3.37. The molecular formula is C17H28N2O. The van der Waals surface area contributed by atoms with E-state index in [1.807, 2.05) is 0 Å². The Hall–Kier alpha value is -0.900. The largest absolute Gasteiger partial charge is 0.380 e. The van der Waals surface area contributed by atoms with Crippen LogP contribution in [0.2, 0.25) is 0 Å². The minimum Gasteiger partial charge on any atom is -0.380 e. The molecule has 1 fully saturated rings. The maximum Gasteiger partial charge on any atom is 0.0622 e. The smallest absolute Gasteiger partial charge is 0.0622 e. The lowest BCUT2D eigenvalue weighted by Crippen LogP contribution is -2.49. The number of hydrogen-bond acceptors (Lipinski definition) is 3. The Morgan fingerprint density at radius 2 is 1.95 bits per heavy atom. The molecule has 1 aromatic carbocycles. The van der Waals surface area contributed by atoms with Gasteiger partial charge in [0.1, 0.15) is 0 Å². The Balaban J connectivity index is 2.21. The summed E-state index contributed by atoms with van der Waals surface area (Å²) in [4.78, 5) is 2.52. The molecule has 1 aliphatic heterocycles. The minimum atomic E-state index is 0.349. The summed E-state index contributed by atoms with van der Waals surface area (Å²) >= 11 is 0. The van der Waals surface area contributed by atoms with E-state index in [0.717, 1.165) is 19.6 Å². The molecule has 0 aliphatic carbocycles. The van der Waals surface area contributed by atoms with Crippen molar-refractivity contribution in [3.63, 3.8) is 0 Å². The van der Waals surface area contributed by atoms with Crippen LogP contribution in [0.4, 0.5) is 0 Å². The summed E-state index contributed by atoms with van der Waals surface area (Å²) in [5.74, 6) is 0.582. The molecule has 3 atom stereocenters. The number of benzene rings is 1. The molecule has 0 radical (unpaired) electrons. The van der Waals surface area contributed by atoms with Gasteiger partial charge in [-0.25, -0.2) is 0 Å². The number of likely N-dealkylation sites (N-methyl/N-ethyl adjacent to an activating group) is 2. The standard InChI is InChI=1S/C17H28N2O/c1-13(2)17(19(4)15-10-11-20-12-15)16(18-3)14-8-6-5-7-9-14/h5-9,13,15-18H,10-12H2,1-4H3. The molecule has 1 aliphatic rings. The lowest BCUT2D eigenvalue weighted by Gasteiger charge is -2.40. The van der Waals surface area contributed by atoms with E-state index >= 15 is 0 Å². The second-order valence-corrected chi connectivity index (χ2v) is 6.09. The first kappa shape index (κ1) is 15.5. The molecule has 1 aromatic rings. The Kier molecular flexibility index (Phi) is 5.58. The molecule has 0 aromatic heterocycles. The first-order valence-corrected chi connectivity index (χ1v) is 7.67. The summed E-state index contributed by atoms with van der Waals surface area (Å²) in [6.07, 6.45) is 1.14. The molecule has 0 bridgehead atoms. The topological polar surface area (TPSA) is 24.5 Å². The molecule has 20 heavy (non-hydrogen) atoms. The number of ether oxygens (including phenoxy) is 1. The second kappa shape index (κ2) is 7.21. The summed E-state index contributed by atoms with van der Waals surface area (Å²) in [6, 6.07) is 12.1. The van der Waals surface area contributed by atoms with Gasteiger partial charge in [-0.1, -0.05) is 44.2 Å². The highest BCUT2D eigenvalue weighted by molar-refractivity contribution is 5.21. The molecule has 0 saturated carbocycles. The van der Waals surface area contributed by atoms with E-state index in [1.54, 1.807) is 0 Å². The summed E-state index contributed by atoms with van der Waals surface area (Å²) < 4.78 is 5.57. The van der Waals surface area contributed by atoms with E-state index in [9.17, 15) is 0 Å². The number of nitrogens with one attached hydrogen (secondary N) is 1. The van der Waals surface area contributed by atoms with Crippen molar-refractivity contribution in [2.45, 2.75) is 38.4 Å². The van der Waals surface area contributed by atoms with Gasteiger partial charge in [-0.2, -0.15) is 0 Å². The van der Waals surface area contributed by atoms with Crippen LogP contribution < -0.4 is 5.32 Å². The van der Waals surface area contributed by atoms with E-state index in [-0.39, 0.29) is 0 Å². The molecule has 2 rings (SSSR count). The lowest BCUT2D eigenvalue weighted by atomic mass is 9.89. The van der Waals surface area contributed by atoms with Crippen LogP contribution in [0.3, 0.4) is 0 Å². The van der Waals surface area contributed by atoms with Crippen molar-refractivity contribution < 1.29 is 4.74 Å². The molecule has 1 saturated heterocycles. The van der Waals surface area contributed by atoms with E-state index in [2.05, 4.69) is 68.5 Å². The van der Waals surface area contributed by atoms with E-state index in [4.69, 9.17) is 4.74 Å². The van der Waals surface area contributed by atoms with E-state index in [1.165, 1.54) is 5.56 Å². The summed E-state index contributed by atoms with van der Waals surface area (Å²) in [7, 11) is 4.31. The van der Waals surface area contributed by atoms with Gasteiger partial charge in [-0.05, 0) is 32.0 Å². The highest BCUT2D eigenvalue weighted by atomic mass is 16.5. The summed E-state index contributed by atoms with van der Waals surface area (Å²) in [6.45, 7) is 6.38. The maximum atomic E-state index is 5.57. The van der Waals surface area contributed by atoms with Gasteiger partial charge in [0.05, 0.1) is 6.61 Å². The Bertz CT molecular complexity index is 387. The Morgan fingerprint density at radius 3 is 2.45 bits per heavy atom. The zero-order valence-electron chi connectivity index (χ0n) is 13.2. The number of rotatable bonds is 6. The first-order chi connectivity index (χ1) is 9.65. The second-order valence-electron chi connectivity index (χ2n) is 6.09. The normalized spacial score (nSPS) is 22.4. The maximum absolute atomic E-state index is 5.57. The van der Waals surface area contributed by atoms with Crippen LogP contribution in [0.25, 0.3) is 0 Å². The minimum absolute atomic E-state index is 0.349. The quantitative estimate of drug-likeness (QED) is 0.864. The van der Waals surface area contributed by atoms with Gasteiger partial charge in [0.15, 0.2) is 0 Å². The average molecular weight is 276 g/mol. The molecule has 0 spiro atoms. The molecule has 112 valence electrons. The molecule has 3 nitrogen and oxygen atoms in total. The van der Waals surface area contributed by atoms with Crippen molar-refractivity contribution in [3.8, 4) is 0 Å². The number of hydrogen-bond donors (Lipinski definition) is 1. The molecule has 3 heteroatoms. The third-order valence-electron chi connectivity index (χ3n) is 4.45. The molecular weight excluding hydrogens is 248 g/mol. The van der Waals surface area contributed by atoms with Gasteiger partial charge in [-0.15, -0.1) is 0 Å². The van der Waals surface area contributed by atoms with Crippen molar-refractivity contribution in [2.24, 2.45) is 5.92 Å². The summed E-state index contributed by atoms with van der Waals surface area (Å²) in [5.41, 5.74) is 1.36. The highest BCUT2D eigenvalue weighted by Gasteiger charge is 2.33. The molecule has 3 unspecified atom stereocenters. The van der Waals surface area contributed by atoms with Crippen LogP contribution in [0.1, 0.15) is 31.9 Å². The number of nitrogens with zero attached hydrogens (tertiary/aromatic N) is 1. The van der Waals surface area contributed by atoms with Gasteiger partial charge in [0.2, 0.25) is 0 Å². The van der Waals surface area contributed by atoms with Crippen molar-refractivity contribution in [1.82, 2.24) is 10.2 Å². The third kappa shape index (κ3) is 3.40. The van der Waals surface area contributed by atoms with Crippen molar-refractivity contribution in [2.75, 3.05) is 27.3 Å². The van der Waals surface area contributed by atoms with Crippen LogP contribution in [0.15, 0.2) is 30.3 Å². The average Bonchev–Trinajstić information content (AvgIpc) is 2.98. The molecule has 1 N–H and O–H groups in total. The zero-order chi connectivity index (χ0) is 14.5. The zero-order valence-corrected chi connectivity index (χ0v) is 13.2. The van der Waals surface area contributed by atoms with E-state index in [0.29, 0.717) is 24.0 Å². The fourth-order valence-corrected chi connectivity index (χ4v) is 3.37. The van der Waals surface area contributed by atoms with Crippen molar-refractivity contribution >= 4 is 0 Å². The monoisotopic (exact) mass is 276 g/mol. The van der Waals surface area contributed by atoms with Gasteiger partial charge in [0.25, 0.3) is 0 Å². The van der Waals surface area contributed by atoms with Gasteiger partial charge < -0.3 is 10.1 Å². The van der Waals surface area contributed by atoms with Crippen LogP contribution in [-0.4, -0.2) is 44.3 Å². The first-order valence-electron chi connectivity index (χ1n) is 7.67. The van der Waals surface area contributed by atoms with Crippen LogP contribution in [0, 0.1) is 5.92 Å². The van der Waals surface area contributed by atoms with Gasteiger partial charge in [0, 0.05) is 24.7 Å². The Morgan fingerprint density at radius 1 is 1.25 bits per heavy atom. The highest BCUT2D eigenvalue weighted by Crippen LogP contribution is 2.28. The predicted molar refractivity (Wildman–Crippen MR) is 83.9 cm³/mol. The van der Waals surface area contributed by atoms with Crippen LogP contribution in [0.5, 0.6) is 0 Å². The predicted octanol–water partition coefficient (Wildman–Crippen LogP) is 2.69. The SMILES string of the molecule is CNC(c1ccccc1)C(C(C)C)N(C)C1CCOC1. The van der Waals surface area contributed by atoms with Gasteiger partial charge in [-0.3, -0.25) is 4.90 Å². The van der Waals surface area contributed by atoms with Crippen molar-refractivity contribution in [3.05, 3.63) is 35.9 Å². The fraction of sp³-hybridized carbons (Fsp3) is 0.647. The van der Waals surface area contributed by atoms with Crippen LogP contribution in [-0.2, 0) is 4.74 Å². The van der Waals surface area contributed by atoms with Gasteiger partial charge >= 0.3 is 0 Å². The summed E-state index contributed by atoms with van der Waals surface area (Å²) in [5, 5.41) is 3.52. The van der Waals surface area contributed by atoms with Crippen LogP contribution >= 0.6 is 0 Å². The van der Waals surface area contributed by atoms with Crippen molar-refractivity contribution in [1.29, 1.82) is 0 Å². The Labute approximate surface area is 123 Å². The molecule has 0 amide bonds.